The molecule has 0 aliphatic carbocycles. The van der Waals surface area contributed by atoms with Crippen LogP contribution in [0.2, 0.25) is 5.02 Å². The molecule has 1 aromatic rings. The normalized spacial score (nSPS) is 16.0. The van der Waals surface area contributed by atoms with Crippen LogP contribution in [0.1, 0.15) is 52.0 Å². The number of alkyl carbamates (subject to hydrolysis) is 2. The zero-order chi connectivity index (χ0) is 25.1. The molecule has 0 spiro atoms. The molecule has 0 saturated heterocycles. The number of unbranched alkanes of at least 4 members (excludes halogenated alkanes) is 1. The minimum atomic E-state index is -0.720. The average molecular weight is 498 g/mol. The summed E-state index contributed by atoms with van der Waals surface area (Å²) in [6, 6.07) is 6.41. The van der Waals surface area contributed by atoms with Gasteiger partial charge in [-0.1, -0.05) is 29.8 Å². The van der Waals surface area contributed by atoms with Crippen molar-refractivity contribution in [1.29, 1.82) is 0 Å². The number of hydrogen-bond donors (Lipinski definition) is 2. The van der Waals surface area contributed by atoms with Gasteiger partial charge < -0.3 is 29.6 Å². The van der Waals surface area contributed by atoms with Crippen LogP contribution in [0.15, 0.2) is 29.3 Å². The summed E-state index contributed by atoms with van der Waals surface area (Å²) in [6.07, 6.45) is 0.130. The molecule has 2 amide bonds. The zero-order valence-electron chi connectivity index (χ0n) is 19.9. The number of nitrogens with one attached hydrogen (secondary N) is 2. The number of aliphatic imine (C=N–C) groups is 1. The highest BCUT2D eigenvalue weighted by Crippen LogP contribution is 2.16. The first-order chi connectivity index (χ1) is 16.1. The molecule has 11 heteroatoms. The molecule has 2 atom stereocenters. The second kappa shape index (κ2) is 13.0. The molecule has 0 saturated carbocycles. The second-order valence-corrected chi connectivity index (χ2v) is 9.04. The van der Waals surface area contributed by atoms with Gasteiger partial charge in [-0.2, -0.15) is 0 Å². The molecule has 34 heavy (non-hydrogen) atoms. The van der Waals surface area contributed by atoms with Gasteiger partial charge in [-0.3, -0.25) is 0 Å². The molecule has 1 aromatic carbocycles. The van der Waals surface area contributed by atoms with Gasteiger partial charge in [-0.25, -0.2) is 19.4 Å². The largest absolute Gasteiger partial charge is 0.478 e. The third-order valence-electron chi connectivity index (χ3n) is 4.61. The Hall–Kier alpha value is -3.01. The minimum Gasteiger partial charge on any atom is -0.478 e. The number of carbonyl (C=O) groups excluding carboxylic acids is 3. The first-order valence-electron chi connectivity index (χ1n) is 11.0. The SMILES string of the molecule is COC(=O)C1COC(CCCCC(NC(=O)OCc2ccccc2Cl)NC(=O)OC(C)(C)C)=N1. The average Bonchev–Trinajstić information content (AvgIpc) is 3.23. The fourth-order valence-corrected chi connectivity index (χ4v) is 3.20. The number of methoxy groups -OCH3 is 1. The first-order valence-corrected chi connectivity index (χ1v) is 11.4. The highest BCUT2D eigenvalue weighted by Gasteiger charge is 2.26. The summed E-state index contributed by atoms with van der Waals surface area (Å²) in [5.41, 5.74) is -0.0218. The molecule has 1 aliphatic heterocycles. The van der Waals surface area contributed by atoms with Crippen LogP contribution in [0.5, 0.6) is 0 Å². The van der Waals surface area contributed by atoms with Gasteiger partial charge in [-0.15, -0.1) is 0 Å². The quantitative estimate of drug-likeness (QED) is 0.217. The van der Waals surface area contributed by atoms with Crippen LogP contribution in [-0.4, -0.2) is 55.6 Å². The van der Waals surface area contributed by atoms with Crippen molar-refractivity contribution in [2.24, 2.45) is 4.99 Å². The lowest BCUT2D eigenvalue weighted by molar-refractivity contribution is -0.142. The standard InChI is InChI=1S/C23H32ClN3O7/c1-23(2,3)34-22(30)27-18(26-21(29)33-13-15-9-5-6-10-16(15)24)11-7-8-12-19-25-17(14-32-19)20(28)31-4/h5-6,9-10,17-18H,7-8,11-14H2,1-4H3,(H,26,29)(H,27,30). The lowest BCUT2D eigenvalue weighted by Gasteiger charge is -2.24. The van der Waals surface area contributed by atoms with Crippen LogP contribution in [-0.2, 0) is 30.3 Å². The predicted molar refractivity (Wildman–Crippen MR) is 126 cm³/mol. The monoisotopic (exact) mass is 497 g/mol. The van der Waals surface area contributed by atoms with Gasteiger partial charge in [0.2, 0.25) is 0 Å². The molecule has 0 aromatic heterocycles. The van der Waals surface area contributed by atoms with E-state index in [0.717, 1.165) is 0 Å². The first kappa shape index (κ1) is 27.2. The number of nitrogens with zero attached hydrogens (tertiary/aromatic N) is 1. The Bertz CT molecular complexity index is 886. The molecule has 0 fully saturated rings. The summed E-state index contributed by atoms with van der Waals surface area (Å²) in [4.78, 5) is 40.3. The van der Waals surface area contributed by atoms with E-state index in [2.05, 4.69) is 20.4 Å². The summed E-state index contributed by atoms with van der Waals surface area (Å²) >= 11 is 6.09. The van der Waals surface area contributed by atoms with Crippen molar-refractivity contribution in [1.82, 2.24) is 10.6 Å². The summed E-state index contributed by atoms with van der Waals surface area (Å²) in [5.74, 6) is 0.0512. The zero-order valence-corrected chi connectivity index (χ0v) is 20.6. The van der Waals surface area contributed by atoms with Gasteiger partial charge in [0.1, 0.15) is 25.0 Å². The fourth-order valence-electron chi connectivity index (χ4n) is 3.01. The number of carbonyl (C=O) groups is 3. The van der Waals surface area contributed by atoms with Crippen molar-refractivity contribution in [3.63, 3.8) is 0 Å². The molecule has 10 nitrogen and oxygen atoms in total. The third kappa shape index (κ3) is 9.86. The fraction of sp³-hybridized carbons (Fsp3) is 0.565. The van der Waals surface area contributed by atoms with Crippen LogP contribution in [0.4, 0.5) is 9.59 Å². The maximum Gasteiger partial charge on any atom is 0.409 e. The van der Waals surface area contributed by atoms with Crippen molar-refractivity contribution in [2.45, 2.75) is 70.9 Å². The summed E-state index contributed by atoms with van der Waals surface area (Å²) in [6.45, 7) is 5.40. The number of amides is 2. The van der Waals surface area contributed by atoms with Gasteiger partial charge in [0.25, 0.3) is 0 Å². The van der Waals surface area contributed by atoms with E-state index in [4.69, 9.17) is 25.8 Å². The maximum absolute atomic E-state index is 12.3. The van der Waals surface area contributed by atoms with Gasteiger partial charge in [-0.05, 0) is 46.1 Å². The lowest BCUT2D eigenvalue weighted by Crippen LogP contribution is -2.49. The topological polar surface area (TPSA) is 125 Å². The molecule has 0 radical (unpaired) electrons. The van der Waals surface area contributed by atoms with E-state index in [-0.39, 0.29) is 13.2 Å². The van der Waals surface area contributed by atoms with E-state index < -0.39 is 36.0 Å². The number of rotatable bonds is 10. The van der Waals surface area contributed by atoms with Crippen LogP contribution < -0.4 is 10.6 Å². The summed E-state index contributed by atoms with van der Waals surface area (Å²) < 4.78 is 20.6. The van der Waals surface area contributed by atoms with Gasteiger partial charge in [0, 0.05) is 17.0 Å². The highest BCUT2D eigenvalue weighted by atomic mass is 35.5. The number of hydrogen-bond acceptors (Lipinski definition) is 8. The third-order valence-corrected chi connectivity index (χ3v) is 4.98. The van der Waals surface area contributed by atoms with Gasteiger partial charge in [0.15, 0.2) is 11.9 Å². The van der Waals surface area contributed by atoms with Crippen molar-refractivity contribution >= 4 is 35.7 Å². The number of benzene rings is 1. The molecule has 1 heterocycles. The minimum absolute atomic E-state index is 0.0107. The van der Waals surface area contributed by atoms with E-state index in [9.17, 15) is 14.4 Å². The Morgan fingerprint density at radius 1 is 1.18 bits per heavy atom. The number of ether oxygens (including phenoxy) is 4. The van der Waals surface area contributed by atoms with Crippen LogP contribution in [0, 0.1) is 0 Å². The Labute approximate surface area is 204 Å². The molecular weight excluding hydrogens is 466 g/mol. The molecule has 2 N–H and O–H groups in total. The Kier molecular flexibility index (Phi) is 10.4. The Morgan fingerprint density at radius 2 is 1.88 bits per heavy atom. The molecule has 2 rings (SSSR count). The van der Waals surface area contributed by atoms with Crippen LogP contribution in [0.3, 0.4) is 0 Å². The van der Waals surface area contributed by atoms with Crippen molar-refractivity contribution < 1.29 is 33.3 Å². The van der Waals surface area contributed by atoms with Crippen LogP contribution in [0.25, 0.3) is 0 Å². The molecule has 1 aliphatic rings. The van der Waals surface area contributed by atoms with Gasteiger partial charge >= 0.3 is 18.2 Å². The molecule has 2 unspecified atom stereocenters. The Morgan fingerprint density at radius 3 is 2.56 bits per heavy atom. The second-order valence-electron chi connectivity index (χ2n) is 8.63. The summed E-state index contributed by atoms with van der Waals surface area (Å²) in [7, 11) is 1.31. The van der Waals surface area contributed by atoms with E-state index in [0.29, 0.717) is 42.2 Å². The van der Waals surface area contributed by atoms with E-state index >= 15 is 0 Å². The van der Waals surface area contributed by atoms with Crippen molar-refractivity contribution in [3.8, 4) is 0 Å². The van der Waals surface area contributed by atoms with E-state index in [1.54, 1.807) is 45.0 Å². The van der Waals surface area contributed by atoms with Crippen molar-refractivity contribution in [2.75, 3.05) is 13.7 Å². The lowest BCUT2D eigenvalue weighted by atomic mass is 10.1. The van der Waals surface area contributed by atoms with Crippen molar-refractivity contribution in [3.05, 3.63) is 34.9 Å². The molecular formula is C23H32ClN3O7. The number of halogens is 1. The Balaban J connectivity index is 1.85. The summed E-state index contributed by atoms with van der Waals surface area (Å²) in [5, 5.41) is 5.78. The van der Waals surface area contributed by atoms with Gasteiger partial charge in [0.05, 0.1) is 7.11 Å². The smallest absolute Gasteiger partial charge is 0.409 e. The number of esters is 1. The highest BCUT2D eigenvalue weighted by molar-refractivity contribution is 6.31. The van der Waals surface area contributed by atoms with E-state index in [1.165, 1.54) is 7.11 Å². The maximum atomic E-state index is 12.3. The molecule has 188 valence electrons. The van der Waals surface area contributed by atoms with E-state index in [1.807, 2.05) is 0 Å². The van der Waals surface area contributed by atoms with Crippen LogP contribution >= 0.6 is 11.6 Å². The predicted octanol–water partition coefficient (Wildman–Crippen LogP) is 3.95. The molecule has 0 bridgehead atoms.